The van der Waals surface area contributed by atoms with Crippen LogP contribution in [0.3, 0.4) is 0 Å². The summed E-state index contributed by atoms with van der Waals surface area (Å²) in [6.45, 7) is 15.7. The Kier molecular flexibility index (Phi) is 15.3. The van der Waals surface area contributed by atoms with Crippen LogP contribution in [0.1, 0.15) is 113 Å². The van der Waals surface area contributed by atoms with E-state index in [-0.39, 0.29) is 11.5 Å². The number of ether oxygens (including phenoxy) is 7. The minimum absolute atomic E-state index is 0.0533. The molecule has 4 rings (SSSR count). The van der Waals surface area contributed by atoms with Crippen LogP contribution >= 0.6 is 0 Å². The second-order valence-electron chi connectivity index (χ2n) is 12.8. The number of hydrogen-bond donors (Lipinski definition) is 0. The number of carbonyl (C=O) groups is 2. The maximum atomic E-state index is 12.8. The highest BCUT2D eigenvalue weighted by atomic mass is 16.6. The summed E-state index contributed by atoms with van der Waals surface area (Å²) in [4.78, 5) is 25.3. The van der Waals surface area contributed by atoms with Crippen LogP contribution in [-0.2, 0) is 9.59 Å². The van der Waals surface area contributed by atoms with Crippen molar-refractivity contribution in [3.8, 4) is 40.2 Å². The number of unbranched alkanes of at least 4 members (excludes halogenated alkanes) is 5. The van der Waals surface area contributed by atoms with Crippen LogP contribution in [0.15, 0.2) is 30.3 Å². The van der Waals surface area contributed by atoms with Crippen molar-refractivity contribution in [1.29, 1.82) is 0 Å². The zero-order valence-corrected chi connectivity index (χ0v) is 31.7. The average Bonchev–Trinajstić information content (AvgIpc) is 3.10. The Bertz CT molecular complexity index is 1730. The number of fused-ring (bicyclic) bond motifs is 6. The molecule has 0 N–H and O–H groups in total. The fourth-order valence-corrected chi connectivity index (χ4v) is 5.76. The van der Waals surface area contributed by atoms with Gasteiger partial charge in [0.15, 0.2) is 34.5 Å². The number of benzene rings is 4. The first-order valence-electron chi connectivity index (χ1n) is 18.9. The molecule has 0 aliphatic carbocycles. The fourth-order valence-electron chi connectivity index (χ4n) is 5.76. The molecule has 0 spiro atoms. The van der Waals surface area contributed by atoms with E-state index in [0.29, 0.717) is 67.2 Å². The van der Waals surface area contributed by atoms with Crippen LogP contribution in [0.4, 0.5) is 0 Å². The summed E-state index contributed by atoms with van der Waals surface area (Å²) in [5, 5.41) is 4.59. The average molecular weight is 705 g/mol. The number of hydrogen-bond acceptors (Lipinski definition) is 9. The van der Waals surface area contributed by atoms with E-state index in [4.69, 9.17) is 33.2 Å². The largest absolute Gasteiger partial charge is 0.490 e. The van der Waals surface area contributed by atoms with Crippen molar-refractivity contribution < 1.29 is 42.7 Å². The van der Waals surface area contributed by atoms with Gasteiger partial charge in [-0.3, -0.25) is 9.59 Å². The van der Waals surface area contributed by atoms with Gasteiger partial charge in [0.2, 0.25) is 5.75 Å². The molecule has 0 bridgehead atoms. The summed E-state index contributed by atoms with van der Waals surface area (Å²) >= 11 is 0. The zero-order valence-electron chi connectivity index (χ0n) is 31.7. The molecule has 0 unspecified atom stereocenters. The molecular formula is C42H56O9. The van der Waals surface area contributed by atoms with E-state index >= 15 is 0 Å². The van der Waals surface area contributed by atoms with Crippen molar-refractivity contribution in [3.05, 3.63) is 30.3 Å². The molecule has 0 saturated heterocycles. The van der Waals surface area contributed by atoms with Gasteiger partial charge in [0, 0.05) is 19.2 Å². The topological polar surface area (TPSA) is 98.8 Å². The summed E-state index contributed by atoms with van der Waals surface area (Å²) in [7, 11) is 0. The SMILES string of the molecule is CCCCOc1cc2c3cc(OCCCC)c(OCCCC)cc3c3c(OC(C)=O)c(OC(C)=O)c(OCCCC)cc3c2cc1OCCCC. The normalized spacial score (nSPS) is 11.2. The minimum atomic E-state index is -0.566. The monoisotopic (exact) mass is 704 g/mol. The third kappa shape index (κ3) is 10.1. The molecule has 4 aromatic carbocycles. The van der Waals surface area contributed by atoms with Crippen LogP contribution < -0.4 is 33.2 Å². The standard InChI is InChI=1S/C42H56O9/c1-8-13-18-45-35-23-30-31-24-37(47-20-15-10-3)38(48-21-16-11-4)26-33(31)40-34(32(30)25-36(35)46-19-14-9-2)27-39(49-22-17-12-5)41(50-28(6)43)42(40)51-29(7)44/h23-27H,8-22H2,1-7H3. The van der Waals surface area contributed by atoms with Crippen molar-refractivity contribution in [2.24, 2.45) is 0 Å². The summed E-state index contributed by atoms with van der Waals surface area (Å²) < 4.78 is 43.5. The van der Waals surface area contributed by atoms with Gasteiger partial charge in [-0.1, -0.05) is 66.7 Å². The van der Waals surface area contributed by atoms with Crippen LogP contribution in [0.2, 0.25) is 0 Å². The van der Waals surface area contributed by atoms with Gasteiger partial charge >= 0.3 is 11.9 Å². The summed E-state index contributed by atoms with van der Waals surface area (Å²) in [6, 6.07) is 9.84. The Morgan fingerprint density at radius 2 is 0.686 bits per heavy atom. The van der Waals surface area contributed by atoms with Crippen LogP contribution in [0.25, 0.3) is 32.3 Å². The highest BCUT2D eigenvalue weighted by Gasteiger charge is 2.27. The number of carbonyl (C=O) groups excluding carboxylic acids is 2. The smallest absolute Gasteiger partial charge is 0.308 e. The molecule has 0 fully saturated rings. The van der Waals surface area contributed by atoms with E-state index in [1.165, 1.54) is 13.8 Å². The lowest BCUT2D eigenvalue weighted by atomic mass is 9.92. The Balaban J connectivity index is 2.22. The second kappa shape index (κ2) is 19.8. The van der Waals surface area contributed by atoms with Gasteiger partial charge in [0.25, 0.3) is 0 Å². The first-order valence-corrected chi connectivity index (χ1v) is 18.9. The highest BCUT2D eigenvalue weighted by Crippen LogP contribution is 2.52. The lowest BCUT2D eigenvalue weighted by Gasteiger charge is -2.22. The molecule has 4 aromatic rings. The Morgan fingerprint density at radius 3 is 1.02 bits per heavy atom. The minimum Gasteiger partial charge on any atom is -0.490 e. The van der Waals surface area contributed by atoms with Gasteiger partial charge in [-0.2, -0.15) is 0 Å². The Labute approximate surface area is 302 Å². The quantitative estimate of drug-likeness (QED) is 0.0342. The summed E-state index contributed by atoms with van der Waals surface area (Å²) in [5.74, 6) is 1.81. The van der Waals surface area contributed by atoms with Gasteiger partial charge in [-0.25, -0.2) is 0 Å². The van der Waals surface area contributed by atoms with E-state index < -0.39 is 11.9 Å². The molecule has 0 aliphatic rings. The molecule has 0 aliphatic heterocycles. The van der Waals surface area contributed by atoms with Crippen LogP contribution in [0.5, 0.6) is 40.2 Å². The van der Waals surface area contributed by atoms with Crippen molar-refractivity contribution >= 4 is 44.3 Å². The predicted molar refractivity (Wildman–Crippen MR) is 204 cm³/mol. The van der Waals surface area contributed by atoms with E-state index in [0.717, 1.165) is 91.1 Å². The van der Waals surface area contributed by atoms with Gasteiger partial charge in [-0.15, -0.1) is 0 Å². The zero-order chi connectivity index (χ0) is 36.8. The molecule has 0 aromatic heterocycles. The summed E-state index contributed by atoms with van der Waals surface area (Å²) in [5.41, 5.74) is 0. The van der Waals surface area contributed by atoms with Crippen molar-refractivity contribution in [2.45, 2.75) is 113 Å². The molecule has 278 valence electrons. The molecule has 51 heavy (non-hydrogen) atoms. The van der Waals surface area contributed by atoms with Crippen LogP contribution in [-0.4, -0.2) is 45.0 Å². The molecule has 0 atom stereocenters. The lowest BCUT2D eigenvalue weighted by molar-refractivity contribution is -0.134. The van der Waals surface area contributed by atoms with Gasteiger partial charge in [0.05, 0.1) is 33.0 Å². The third-order valence-electron chi connectivity index (χ3n) is 8.49. The molecule has 0 radical (unpaired) electrons. The van der Waals surface area contributed by atoms with Crippen molar-refractivity contribution in [3.63, 3.8) is 0 Å². The molecule has 0 saturated carbocycles. The predicted octanol–water partition coefficient (Wildman–Crippen LogP) is 10.9. The van der Waals surface area contributed by atoms with E-state index in [9.17, 15) is 9.59 Å². The molecule has 0 amide bonds. The van der Waals surface area contributed by atoms with Crippen molar-refractivity contribution in [1.82, 2.24) is 0 Å². The third-order valence-corrected chi connectivity index (χ3v) is 8.49. The Hall–Kier alpha value is -4.40. The van der Waals surface area contributed by atoms with E-state index in [1.807, 2.05) is 30.3 Å². The second-order valence-corrected chi connectivity index (χ2v) is 12.8. The highest BCUT2D eigenvalue weighted by molar-refractivity contribution is 6.28. The number of rotatable bonds is 22. The lowest BCUT2D eigenvalue weighted by Crippen LogP contribution is -2.10. The van der Waals surface area contributed by atoms with Crippen LogP contribution in [0, 0.1) is 0 Å². The van der Waals surface area contributed by atoms with E-state index in [2.05, 4.69) is 34.6 Å². The van der Waals surface area contributed by atoms with Gasteiger partial charge < -0.3 is 33.2 Å². The first-order chi connectivity index (χ1) is 24.8. The maximum absolute atomic E-state index is 12.8. The maximum Gasteiger partial charge on any atom is 0.308 e. The fraction of sp³-hybridized carbons (Fsp3) is 0.524. The van der Waals surface area contributed by atoms with Gasteiger partial charge in [0.1, 0.15) is 0 Å². The Morgan fingerprint density at radius 1 is 0.412 bits per heavy atom. The molecule has 9 nitrogen and oxygen atoms in total. The first kappa shape index (κ1) is 39.4. The van der Waals surface area contributed by atoms with Gasteiger partial charge in [-0.05, 0) is 89.4 Å². The summed E-state index contributed by atoms with van der Waals surface area (Å²) in [6.07, 6.45) is 9.19. The number of esters is 2. The van der Waals surface area contributed by atoms with E-state index in [1.54, 1.807) is 0 Å². The molecule has 9 heteroatoms. The molecule has 0 heterocycles. The van der Waals surface area contributed by atoms with Crippen molar-refractivity contribution in [2.75, 3.05) is 33.0 Å². The molecular weight excluding hydrogens is 648 g/mol.